The van der Waals surface area contributed by atoms with E-state index >= 15 is 0 Å². The summed E-state index contributed by atoms with van der Waals surface area (Å²) in [5.41, 5.74) is 3.67. The second-order valence-electron chi connectivity index (χ2n) is 12.0. The lowest BCUT2D eigenvalue weighted by Gasteiger charge is -1.99. The predicted molar refractivity (Wildman–Crippen MR) is 207 cm³/mol. The molecule has 0 N–H and O–H groups in total. The summed E-state index contributed by atoms with van der Waals surface area (Å²) in [6.07, 6.45) is 0. The molecule has 6 heteroatoms. The van der Waals surface area contributed by atoms with Gasteiger partial charge in [-0.05, 0) is 128 Å². The molecule has 0 bridgehead atoms. The Morgan fingerprint density at radius 3 is 1.17 bits per heavy atom. The number of fused-ring (bicyclic) bond motifs is 5. The van der Waals surface area contributed by atoms with Gasteiger partial charge in [0, 0.05) is 49.4 Å². The molecule has 0 fully saturated rings. The summed E-state index contributed by atoms with van der Waals surface area (Å²) in [6, 6.07) is 45.1. The van der Waals surface area contributed by atoms with E-state index in [9.17, 15) is 8.78 Å². The van der Waals surface area contributed by atoms with Crippen molar-refractivity contribution in [3.05, 3.63) is 145 Å². The fraction of sp³-hybridized carbons (Fsp3) is 0. The average molecular weight is 693 g/mol. The van der Waals surface area contributed by atoms with Crippen molar-refractivity contribution in [3.8, 4) is 41.8 Å². The summed E-state index contributed by atoms with van der Waals surface area (Å²) >= 11 is 6.88. The van der Waals surface area contributed by atoms with E-state index in [1.54, 1.807) is 34.8 Å². The van der Waals surface area contributed by atoms with Crippen LogP contribution in [0.2, 0.25) is 0 Å². The number of hydrogen-bond donors (Lipinski definition) is 0. The molecule has 0 aliphatic carbocycles. The first kappa shape index (κ1) is 28.3. The van der Waals surface area contributed by atoms with Crippen LogP contribution in [-0.2, 0) is 0 Å². The van der Waals surface area contributed by atoms with Crippen molar-refractivity contribution in [1.29, 1.82) is 0 Å². The highest BCUT2D eigenvalue weighted by Crippen LogP contribution is 2.43. The van der Waals surface area contributed by atoms with E-state index < -0.39 is 0 Å². The standard InChI is InChI=1S/C42H22F2S4/c43-33-7-3-1-5-31(33)41-21-27-13-23(9-11-35(27)45-41)37-19-29-15-25-18-40-30(16-26(25)17-39(29)47-37)20-38(48-40)24-10-12-36-28(14-24)22-42(46-36)32-6-2-4-8-34(32)44/h1-22H. The average Bonchev–Trinajstić information content (AvgIpc) is 3.89. The van der Waals surface area contributed by atoms with Gasteiger partial charge >= 0.3 is 0 Å². The van der Waals surface area contributed by atoms with Crippen LogP contribution >= 0.6 is 45.3 Å². The number of thiophene rings is 4. The Hall–Kier alpha value is -4.72. The number of rotatable bonds is 4. The minimum atomic E-state index is -0.187. The zero-order valence-corrected chi connectivity index (χ0v) is 28.4. The molecule has 6 aromatic carbocycles. The lowest BCUT2D eigenvalue weighted by Crippen LogP contribution is -1.78. The highest BCUT2D eigenvalue weighted by atomic mass is 32.1. The van der Waals surface area contributed by atoms with E-state index in [2.05, 4.69) is 84.9 Å². The number of benzene rings is 6. The molecular formula is C42H22F2S4. The molecule has 0 amide bonds. The SMILES string of the molecule is Fc1ccccc1-c1cc2cc(-c3cc4cc5cc6sc(-c7ccc8sc(-c9ccccc9F)cc8c7)cc6cc5cc4s3)ccc2s1. The second kappa shape index (κ2) is 10.9. The van der Waals surface area contributed by atoms with Crippen molar-refractivity contribution in [1.82, 2.24) is 0 Å². The Morgan fingerprint density at radius 2 is 0.708 bits per heavy atom. The molecule has 48 heavy (non-hydrogen) atoms. The Morgan fingerprint density at radius 1 is 0.312 bits per heavy atom. The molecule has 0 unspecified atom stereocenters. The molecule has 0 saturated carbocycles. The van der Waals surface area contributed by atoms with E-state index in [4.69, 9.17) is 0 Å². The van der Waals surface area contributed by atoms with Gasteiger partial charge in [-0.2, -0.15) is 0 Å². The van der Waals surface area contributed by atoms with Crippen molar-refractivity contribution in [2.75, 3.05) is 0 Å². The van der Waals surface area contributed by atoms with E-state index in [-0.39, 0.29) is 11.6 Å². The molecule has 10 rings (SSSR count). The third-order valence-electron chi connectivity index (χ3n) is 8.99. The van der Waals surface area contributed by atoms with Crippen LogP contribution in [0.4, 0.5) is 8.78 Å². The van der Waals surface area contributed by atoms with Gasteiger partial charge < -0.3 is 0 Å². The lowest BCUT2D eigenvalue weighted by atomic mass is 10.0. The van der Waals surface area contributed by atoms with Crippen LogP contribution in [0.25, 0.3) is 92.9 Å². The van der Waals surface area contributed by atoms with Crippen molar-refractivity contribution in [2.24, 2.45) is 0 Å². The topological polar surface area (TPSA) is 0 Å². The maximum absolute atomic E-state index is 14.5. The zero-order chi connectivity index (χ0) is 31.9. The Kier molecular flexibility index (Phi) is 6.43. The molecule has 0 aliphatic heterocycles. The van der Waals surface area contributed by atoms with Crippen LogP contribution in [0, 0.1) is 11.6 Å². The van der Waals surface area contributed by atoms with Crippen LogP contribution in [0.1, 0.15) is 0 Å². The predicted octanol–water partition coefficient (Wildman–Crippen LogP) is 14.6. The molecule has 228 valence electrons. The fourth-order valence-electron chi connectivity index (χ4n) is 6.59. The van der Waals surface area contributed by atoms with Gasteiger partial charge in [-0.25, -0.2) is 8.78 Å². The summed E-state index contributed by atoms with van der Waals surface area (Å²) < 4.78 is 33.8. The van der Waals surface area contributed by atoms with E-state index in [0.29, 0.717) is 11.1 Å². The molecule has 0 saturated heterocycles. The largest absolute Gasteiger partial charge is 0.206 e. The first-order valence-electron chi connectivity index (χ1n) is 15.5. The maximum Gasteiger partial charge on any atom is 0.131 e. The van der Waals surface area contributed by atoms with Gasteiger partial charge in [0.25, 0.3) is 0 Å². The van der Waals surface area contributed by atoms with Crippen LogP contribution < -0.4 is 0 Å². The third kappa shape index (κ3) is 4.71. The van der Waals surface area contributed by atoms with Crippen LogP contribution in [0.15, 0.2) is 133 Å². The Balaban J connectivity index is 0.989. The third-order valence-corrected chi connectivity index (χ3v) is 13.6. The van der Waals surface area contributed by atoms with Crippen molar-refractivity contribution in [3.63, 3.8) is 0 Å². The smallest absolute Gasteiger partial charge is 0.131 e. The Bertz CT molecular complexity index is 2620. The van der Waals surface area contributed by atoms with Gasteiger partial charge in [-0.1, -0.05) is 48.5 Å². The minimum absolute atomic E-state index is 0.187. The molecule has 4 heterocycles. The number of hydrogen-bond acceptors (Lipinski definition) is 4. The Labute approximate surface area is 290 Å². The van der Waals surface area contributed by atoms with Crippen LogP contribution in [0.5, 0.6) is 0 Å². The minimum Gasteiger partial charge on any atom is -0.206 e. The summed E-state index contributed by atoms with van der Waals surface area (Å²) in [7, 11) is 0. The van der Waals surface area contributed by atoms with Gasteiger partial charge in [0.1, 0.15) is 11.6 Å². The van der Waals surface area contributed by atoms with Gasteiger partial charge in [0.15, 0.2) is 0 Å². The quantitative estimate of drug-likeness (QED) is 0.172. The molecule has 10 aromatic rings. The molecule has 0 nitrogen and oxygen atoms in total. The molecule has 0 aliphatic rings. The van der Waals surface area contributed by atoms with E-state index in [1.165, 1.54) is 64.0 Å². The normalized spacial score (nSPS) is 12.0. The maximum atomic E-state index is 14.5. The summed E-state index contributed by atoms with van der Waals surface area (Å²) in [5, 5.41) is 7.22. The summed E-state index contributed by atoms with van der Waals surface area (Å²) in [4.78, 5) is 4.36. The molecular weight excluding hydrogens is 671 g/mol. The van der Waals surface area contributed by atoms with Crippen LogP contribution in [-0.4, -0.2) is 0 Å². The summed E-state index contributed by atoms with van der Waals surface area (Å²) in [5.74, 6) is -0.374. The van der Waals surface area contributed by atoms with Crippen molar-refractivity contribution < 1.29 is 8.78 Å². The second-order valence-corrected chi connectivity index (χ2v) is 16.4. The van der Waals surface area contributed by atoms with Gasteiger partial charge in [-0.3, -0.25) is 0 Å². The van der Waals surface area contributed by atoms with Crippen molar-refractivity contribution in [2.45, 2.75) is 0 Å². The van der Waals surface area contributed by atoms with Gasteiger partial charge in [-0.15, -0.1) is 45.3 Å². The first-order chi connectivity index (χ1) is 23.5. The number of halogens is 2. The molecule has 0 atom stereocenters. The molecule has 4 aromatic heterocycles. The fourth-order valence-corrected chi connectivity index (χ4v) is 10.9. The monoisotopic (exact) mass is 692 g/mol. The van der Waals surface area contributed by atoms with Crippen molar-refractivity contribution >= 4 is 96.5 Å². The summed E-state index contributed by atoms with van der Waals surface area (Å²) in [6.45, 7) is 0. The van der Waals surface area contributed by atoms with Gasteiger partial charge in [0.2, 0.25) is 0 Å². The van der Waals surface area contributed by atoms with Crippen LogP contribution in [0.3, 0.4) is 0 Å². The molecule has 0 spiro atoms. The van der Waals surface area contributed by atoms with Gasteiger partial charge in [0.05, 0.1) is 0 Å². The highest BCUT2D eigenvalue weighted by molar-refractivity contribution is 7.23. The first-order valence-corrected chi connectivity index (χ1v) is 18.8. The van der Waals surface area contributed by atoms with E-state index in [0.717, 1.165) is 29.9 Å². The zero-order valence-electron chi connectivity index (χ0n) is 25.1. The highest BCUT2D eigenvalue weighted by Gasteiger charge is 2.14. The van der Waals surface area contributed by atoms with E-state index in [1.807, 2.05) is 46.9 Å². The molecule has 0 radical (unpaired) electrons. The lowest BCUT2D eigenvalue weighted by molar-refractivity contribution is 0.631.